The molecule has 18 heavy (non-hydrogen) atoms. The van der Waals surface area contributed by atoms with Gasteiger partial charge in [0.2, 0.25) is 0 Å². The average molecular weight is 299 g/mol. The second-order valence-electron chi connectivity index (χ2n) is 3.79. The van der Waals surface area contributed by atoms with E-state index in [2.05, 4.69) is 16.9 Å². The van der Waals surface area contributed by atoms with E-state index in [0.717, 1.165) is 26.2 Å². The highest BCUT2D eigenvalue weighted by Crippen LogP contribution is 2.02. The van der Waals surface area contributed by atoms with E-state index in [-0.39, 0.29) is 24.8 Å². The van der Waals surface area contributed by atoms with Crippen LogP contribution in [0.25, 0.3) is 0 Å². The molecule has 0 aromatic carbocycles. The summed E-state index contributed by atoms with van der Waals surface area (Å²) in [6.45, 7) is 7.01. The predicted molar refractivity (Wildman–Crippen MR) is 78.5 cm³/mol. The smallest absolute Gasteiger partial charge is 0.0594 e. The Kier molecular flexibility index (Phi) is 13.0. The SMILES string of the molecule is CCN(CCOCCN)Cc1cnn(C)c1.Cl.Cl. The number of aryl methyl sites for hydroxylation is 1. The van der Waals surface area contributed by atoms with E-state index in [9.17, 15) is 0 Å². The lowest BCUT2D eigenvalue weighted by Gasteiger charge is -2.19. The first-order chi connectivity index (χ1) is 7.76. The second kappa shape index (κ2) is 11.7. The van der Waals surface area contributed by atoms with Gasteiger partial charge in [-0.05, 0) is 6.54 Å². The highest BCUT2D eigenvalue weighted by atomic mass is 35.5. The number of likely N-dealkylation sites (N-methyl/N-ethyl adjacent to an activating group) is 1. The van der Waals surface area contributed by atoms with Gasteiger partial charge < -0.3 is 10.5 Å². The molecular weight excluding hydrogens is 275 g/mol. The van der Waals surface area contributed by atoms with Crippen LogP contribution in [0.5, 0.6) is 0 Å². The number of nitrogens with zero attached hydrogens (tertiary/aromatic N) is 3. The molecule has 7 heteroatoms. The number of nitrogens with two attached hydrogens (primary N) is 1. The van der Waals surface area contributed by atoms with Gasteiger partial charge in [-0.15, -0.1) is 24.8 Å². The fourth-order valence-electron chi connectivity index (χ4n) is 1.54. The Morgan fingerprint density at radius 3 is 2.61 bits per heavy atom. The van der Waals surface area contributed by atoms with Crippen LogP contribution in [0.2, 0.25) is 0 Å². The Balaban J connectivity index is 0. The molecule has 1 aromatic heterocycles. The molecule has 5 nitrogen and oxygen atoms in total. The van der Waals surface area contributed by atoms with Gasteiger partial charge in [-0.25, -0.2) is 0 Å². The van der Waals surface area contributed by atoms with Crippen LogP contribution in [0, 0.1) is 0 Å². The van der Waals surface area contributed by atoms with Crippen LogP contribution in [-0.4, -0.2) is 47.5 Å². The minimum absolute atomic E-state index is 0. The molecule has 0 amide bonds. The van der Waals surface area contributed by atoms with E-state index >= 15 is 0 Å². The number of aromatic nitrogens is 2. The van der Waals surface area contributed by atoms with Gasteiger partial charge in [-0.3, -0.25) is 9.58 Å². The largest absolute Gasteiger partial charge is 0.379 e. The number of rotatable bonds is 8. The summed E-state index contributed by atoms with van der Waals surface area (Å²) in [5.41, 5.74) is 6.59. The fraction of sp³-hybridized carbons (Fsp3) is 0.727. The van der Waals surface area contributed by atoms with E-state index in [0.29, 0.717) is 13.2 Å². The van der Waals surface area contributed by atoms with E-state index in [1.54, 1.807) is 0 Å². The monoisotopic (exact) mass is 298 g/mol. The molecule has 0 bridgehead atoms. The maximum absolute atomic E-state index is 5.37. The molecule has 0 saturated heterocycles. The van der Waals surface area contributed by atoms with Gasteiger partial charge in [0.15, 0.2) is 0 Å². The zero-order valence-electron chi connectivity index (χ0n) is 11.0. The third kappa shape index (κ3) is 7.89. The summed E-state index contributed by atoms with van der Waals surface area (Å²) < 4.78 is 7.20. The molecule has 2 N–H and O–H groups in total. The molecule has 1 rings (SSSR count). The molecule has 1 heterocycles. The molecule has 0 saturated carbocycles. The van der Waals surface area contributed by atoms with Crippen molar-refractivity contribution in [2.24, 2.45) is 12.8 Å². The highest BCUT2D eigenvalue weighted by Gasteiger charge is 2.04. The molecule has 0 spiro atoms. The number of hydrogen-bond acceptors (Lipinski definition) is 4. The van der Waals surface area contributed by atoms with Gasteiger partial charge in [0.05, 0.1) is 19.4 Å². The van der Waals surface area contributed by atoms with Crippen LogP contribution in [0.3, 0.4) is 0 Å². The molecule has 1 aromatic rings. The molecule has 0 aliphatic carbocycles. The maximum atomic E-state index is 5.37. The summed E-state index contributed by atoms with van der Waals surface area (Å²) in [4.78, 5) is 2.33. The van der Waals surface area contributed by atoms with E-state index in [4.69, 9.17) is 10.5 Å². The zero-order valence-corrected chi connectivity index (χ0v) is 12.7. The first kappa shape index (κ1) is 20.0. The Morgan fingerprint density at radius 1 is 1.39 bits per heavy atom. The summed E-state index contributed by atoms with van der Waals surface area (Å²) >= 11 is 0. The number of halogens is 2. The first-order valence-corrected chi connectivity index (χ1v) is 5.74. The third-order valence-corrected chi connectivity index (χ3v) is 2.43. The van der Waals surface area contributed by atoms with Crippen molar-refractivity contribution >= 4 is 24.8 Å². The van der Waals surface area contributed by atoms with Crippen LogP contribution in [0.1, 0.15) is 12.5 Å². The van der Waals surface area contributed by atoms with Crippen LogP contribution in [0.4, 0.5) is 0 Å². The molecule has 0 aliphatic rings. The van der Waals surface area contributed by atoms with Crippen molar-refractivity contribution in [1.82, 2.24) is 14.7 Å². The second-order valence-corrected chi connectivity index (χ2v) is 3.79. The lowest BCUT2D eigenvalue weighted by molar-refractivity contribution is 0.108. The van der Waals surface area contributed by atoms with E-state index < -0.39 is 0 Å². The highest BCUT2D eigenvalue weighted by molar-refractivity contribution is 5.85. The van der Waals surface area contributed by atoms with Gasteiger partial charge >= 0.3 is 0 Å². The summed E-state index contributed by atoms with van der Waals surface area (Å²) in [6.07, 6.45) is 3.95. The van der Waals surface area contributed by atoms with Gasteiger partial charge in [0, 0.05) is 38.4 Å². The standard InChI is InChI=1S/C11H22N4O.2ClH/c1-3-15(5-7-16-6-4-12)10-11-8-13-14(2)9-11;;/h8-9H,3-7,10,12H2,1-2H3;2*1H. The Labute approximate surface area is 121 Å². The number of hydrogen-bond donors (Lipinski definition) is 1. The first-order valence-electron chi connectivity index (χ1n) is 5.74. The number of ether oxygens (including phenoxy) is 1. The Bertz CT molecular complexity index is 296. The van der Waals surface area contributed by atoms with Gasteiger partial charge in [0.25, 0.3) is 0 Å². The van der Waals surface area contributed by atoms with Crippen molar-refractivity contribution in [2.75, 3.05) is 32.8 Å². The van der Waals surface area contributed by atoms with Crippen molar-refractivity contribution in [3.05, 3.63) is 18.0 Å². The van der Waals surface area contributed by atoms with Gasteiger partial charge in [-0.1, -0.05) is 6.92 Å². The molecule has 0 radical (unpaired) electrons. The lowest BCUT2D eigenvalue weighted by Crippen LogP contribution is -2.27. The molecule has 0 aliphatic heterocycles. The summed E-state index contributed by atoms with van der Waals surface area (Å²) in [6, 6.07) is 0. The van der Waals surface area contributed by atoms with Crippen molar-refractivity contribution in [1.29, 1.82) is 0 Å². The van der Waals surface area contributed by atoms with Crippen LogP contribution in [-0.2, 0) is 18.3 Å². The molecule has 0 unspecified atom stereocenters. The zero-order chi connectivity index (χ0) is 11.8. The van der Waals surface area contributed by atoms with Crippen molar-refractivity contribution in [3.8, 4) is 0 Å². The van der Waals surface area contributed by atoms with Crippen LogP contribution >= 0.6 is 24.8 Å². The predicted octanol–water partition coefficient (Wildman–Crippen LogP) is 1.06. The molecule has 0 fully saturated rings. The molecular formula is C11H24Cl2N4O. The minimum Gasteiger partial charge on any atom is -0.379 e. The van der Waals surface area contributed by atoms with Crippen molar-refractivity contribution in [2.45, 2.75) is 13.5 Å². The molecule has 0 atom stereocenters. The summed E-state index contributed by atoms with van der Waals surface area (Å²) in [7, 11) is 1.93. The third-order valence-electron chi connectivity index (χ3n) is 2.43. The van der Waals surface area contributed by atoms with Gasteiger partial charge in [0.1, 0.15) is 0 Å². The lowest BCUT2D eigenvalue weighted by atomic mass is 10.3. The normalized spacial score (nSPS) is 10.0. The Hall–Kier alpha value is -0.330. The maximum Gasteiger partial charge on any atom is 0.0594 e. The fourth-order valence-corrected chi connectivity index (χ4v) is 1.54. The topological polar surface area (TPSA) is 56.3 Å². The van der Waals surface area contributed by atoms with Crippen molar-refractivity contribution in [3.63, 3.8) is 0 Å². The summed E-state index contributed by atoms with van der Waals surface area (Å²) in [5, 5.41) is 4.16. The summed E-state index contributed by atoms with van der Waals surface area (Å²) in [5.74, 6) is 0. The van der Waals surface area contributed by atoms with Crippen molar-refractivity contribution < 1.29 is 4.74 Å². The van der Waals surface area contributed by atoms with E-state index in [1.807, 2.05) is 24.1 Å². The van der Waals surface area contributed by atoms with Crippen LogP contribution in [0.15, 0.2) is 12.4 Å². The average Bonchev–Trinajstić information content (AvgIpc) is 2.68. The van der Waals surface area contributed by atoms with Gasteiger partial charge in [-0.2, -0.15) is 5.10 Å². The minimum atomic E-state index is 0. The van der Waals surface area contributed by atoms with Crippen LogP contribution < -0.4 is 5.73 Å². The molecule has 108 valence electrons. The van der Waals surface area contributed by atoms with E-state index in [1.165, 1.54) is 5.56 Å². The quantitative estimate of drug-likeness (QED) is 0.729. The Morgan fingerprint density at radius 2 is 2.11 bits per heavy atom.